The predicted octanol–water partition coefficient (Wildman–Crippen LogP) is 3.02. The molecular weight excluding hydrogens is 254 g/mol. The maximum atomic E-state index is 5.93. The Kier molecular flexibility index (Phi) is 4.12. The fraction of sp³-hybridized carbons (Fsp3) is 0.231. The first-order valence-corrected chi connectivity index (χ1v) is 5.85. The molecule has 0 spiro atoms. The molecular formula is C13H14ClNO3. The molecule has 0 aliphatic carbocycles. The Morgan fingerprint density at radius 2 is 1.94 bits per heavy atom. The van der Waals surface area contributed by atoms with E-state index in [0.717, 1.165) is 0 Å². The highest BCUT2D eigenvalue weighted by molar-refractivity contribution is 6.28. The van der Waals surface area contributed by atoms with E-state index < -0.39 is 0 Å². The third kappa shape index (κ3) is 2.97. The summed E-state index contributed by atoms with van der Waals surface area (Å²) in [4.78, 5) is 0. The molecule has 5 heteroatoms. The van der Waals surface area contributed by atoms with Crippen LogP contribution in [0.15, 0.2) is 40.8 Å². The van der Waals surface area contributed by atoms with Gasteiger partial charge in [-0.3, -0.25) is 0 Å². The molecule has 0 fully saturated rings. The number of ether oxygens (including phenoxy) is 2. The largest absolute Gasteiger partial charge is 0.493 e. The SMILES string of the molecule is COc1ccccc1OCC(N)c1ccc(Cl)o1. The van der Waals surface area contributed by atoms with Gasteiger partial charge in [0.05, 0.1) is 13.2 Å². The number of hydrogen-bond acceptors (Lipinski definition) is 4. The van der Waals surface area contributed by atoms with Crippen LogP contribution in [0.4, 0.5) is 0 Å². The summed E-state index contributed by atoms with van der Waals surface area (Å²) in [6.07, 6.45) is 0. The van der Waals surface area contributed by atoms with E-state index in [1.165, 1.54) is 0 Å². The van der Waals surface area contributed by atoms with Crippen molar-refractivity contribution in [3.05, 3.63) is 47.4 Å². The lowest BCUT2D eigenvalue weighted by Gasteiger charge is -2.13. The molecule has 0 bridgehead atoms. The number of rotatable bonds is 5. The molecule has 1 aromatic heterocycles. The Balaban J connectivity index is 1.99. The Labute approximate surface area is 110 Å². The number of benzene rings is 1. The molecule has 0 aliphatic rings. The third-order valence-electron chi connectivity index (χ3n) is 2.45. The Bertz CT molecular complexity index is 512. The summed E-state index contributed by atoms with van der Waals surface area (Å²) in [5.74, 6) is 1.91. The first-order valence-electron chi connectivity index (χ1n) is 5.47. The minimum absolute atomic E-state index is 0.282. The summed E-state index contributed by atoms with van der Waals surface area (Å²) in [7, 11) is 1.59. The zero-order chi connectivity index (χ0) is 13.0. The van der Waals surface area contributed by atoms with E-state index in [9.17, 15) is 0 Å². The van der Waals surface area contributed by atoms with E-state index in [2.05, 4.69) is 0 Å². The van der Waals surface area contributed by atoms with Crippen LogP contribution in [-0.2, 0) is 0 Å². The maximum absolute atomic E-state index is 5.93. The van der Waals surface area contributed by atoms with Crippen LogP contribution in [0.5, 0.6) is 11.5 Å². The average Bonchev–Trinajstić information content (AvgIpc) is 2.83. The molecule has 96 valence electrons. The summed E-state index contributed by atoms with van der Waals surface area (Å²) >= 11 is 5.69. The van der Waals surface area contributed by atoms with Crippen molar-refractivity contribution in [1.29, 1.82) is 0 Å². The first kappa shape index (κ1) is 12.8. The molecule has 4 nitrogen and oxygen atoms in total. The fourth-order valence-corrected chi connectivity index (χ4v) is 1.68. The van der Waals surface area contributed by atoms with E-state index in [0.29, 0.717) is 22.5 Å². The summed E-state index contributed by atoms with van der Waals surface area (Å²) in [6.45, 7) is 0.282. The highest BCUT2D eigenvalue weighted by Crippen LogP contribution is 2.27. The number of nitrogens with two attached hydrogens (primary N) is 1. The summed E-state index contributed by atoms with van der Waals surface area (Å²) < 4.78 is 16.0. The Morgan fingerprint density at radius 3 is 2.56 bits per heavy atom. The van der Waals surface area contributed by atoms with Crippen molar-refractivity contribution in [1.82, 2.24) is 0 Å². The molecule has 1 atom stereocenters. The molecule has 1 unspecified atom stereocenters. The Morgan fingerprint density at radius 1 is 1.22 bits per heavy atom. The van der Waals surface area contributed by atoms with Crippen LogP contribution in [0, 0.1) is 0 Å². The molecule has 0 radical (unpaired) electrons. The number of methoxy groups -OCH3 is 1. The van der Waals surface area contributed by atoms with Crippen molar-refractivity contribution in [2.45, 2.75) is 6.04 Å². The molecule has 18 heavy (non-hydrogen) atoms. The van der Waals surface area contributed by atoms with Gasteiger partial charge in [0.1, 0.15) is 12.4 Å². The van der Waals surface area contributed by atoms with E-state index in [1.807, 2.05) is 24.3 Å². The van der Waals surface area contributed by atoms with Gasteiger partial charge in [0.2, 0.25) is 0 Å². The second kappa shape index (κ2) is 5.80. The molecule has 2 rings (SSSR count). The van der Waals surface area contributed by atoms with E-state index >= 15 is 0 Å². The van der Waals surface area contributed by atoms with Gasteiger partial charge in [-0.25, -0.2) is 0 Å². The second-order valence-corrected chi connectivity index (χ2v) is 4.08. The van der Waals surface area contributed by atoms with Crippen molar-refractivity contribution in [2.24, 2.45) is 5.73 Å². The summed E-state index contributed by atoms with van der Waals surface area (Å²) in [5.41, 5.74) is 5.93. The molecule has 0 saturated carbocycles. The lowest BCUT2D eigenvalue weighted by molar-refractivity contribution is 0.259. The minimum atomic E-state index is -0.373. The van der Waals surface area contributed by atoms with Gasteiger partial charge in [0.25, 0.3) is 0 Å². The number of furan rings is 1. The summed E-state index contributed by atoms with van der Waals surface area (Å²) in [6, 6.07) is 10.4. The highest BCUT2D eigenvalue weighted by atomic mass is 35.5. The molecule has 0 aliphatic heterocycles. The van der Waals surface area contributed by atoms with Crippen LogP contribution in [0.1, 0.15) is 11.8 Å². The first-order chi connectivity index (χ1) is 8.70. The van der Waals surface area contributed by atoms with Gasteiger partial charge in [-0.2, -0.15) is 0 Å². The second-order valence-electron chi connectivity index (χ2n) is 3.71. The van der Waals surface area contributed by atoms with E-state index in [1.54, 1.807) is 19.2 Å². The van der Waals surface area contributed by atoms with Crippen LogP contribution in [0.2, 0.25) is 5.22 Å². The molecule has 2 aromatic rings. The molecule has 1 aromatic carbocycles. The van der Waals surface area contributed by atoms with Gasteiger partial charge in [-0.1, -0.05) is 12.1 Å². The van der Waals surface area contributed by atoms with Crippen molar-refractivity contribution < 1.29 is 13.9 Å². The van der Waals surface area contributed by atoms with Gasteiger partial charge >= 0.3 is 0 Å². The highest BCUT2D eigenvalue weighted by Gasteiger charge is 2.12. The van der Waals surface area contributed by atoms with Crippen LogP contribution >= 0.6 is 11.6 Å². The van der Waals surface area contributed by atoms with Crippen molar-refractivity contribution in [2.75, 3.05) is 13.7 Å². The van der Waals surface area contributed by atoms with Gasteiger partial charge < -0.3 is 19.6 Å². The smallest absolute Gasteiger partial charge is 0.193 e. The van der Waals surface area contributed by atoms with Gasteiger partial charge in [-0.05, 0) is 35.9 Å². The lowest BCUT2D eigenvalue weighted by atomic mass is 10.2. The molecule has 0 saturated heterocycles. The molecule has 2 N–H and O–H groups in total. The molecule has 1 heterocycles. The topological polar surface area (TPSA) is 57.6 Å². The van der Waals surface area contributed by atoms with E-state index in [-0.39, 0.29) is 12.6 Å². The number of para-hydroxylation sites is 2. The van der Waals surface area contributed by atoms with Crippen LogP contribution in [0.3, 0.4) is 0 Å². The monoisotopic (exact) mass is 267 g/mol. The average molecular weight is 268 g/mol. The predicted molar refractivity (Wildman–Crippen MR) is 69.1 cm³/mol. The third-order valence-corrected chi connectivity index (χ3v) is 2.65. The number of halogens is 1. The quantitative estimate of drug-likeness (QED) is 0.905. The fourth-order valence-electron chi connectivity index (χ4n) is 1.53. The zero-order valence-electron chi connectivity index (χ0n) is 9.93. The normalized spacial score (nSPS) is 12.2. The number of hydrogen-bond donors (Lipinski definition) is 1. The van der Waals surface area contributed by atoms with Gasteiger partial charge in [-0.15, -0.1) is 0 Å². The maximum Gasteiger partial charge on any atom is 0.193 e. The van der Waals surface area contributed by atoms with Crippen molar-refractivity contribution in [3.63, 3.8) is 0 Å². The zero-order valence-corrected chi connectivity index (χ0v) is 10.7. The summed E-state index contributed by atoms with van der Waals surface area (Å²) in [5, 5.41) is 0.317. The van der Waals surface area contributed by atoms with Gasteiger partial charge in [0, 0.05) is 0 Å². The standard InChI is InChI=1S/C13H14ClNO3/c1-16-11-4-2-3-5-12(11)17-8-9(15)10-6-7-13(14)18-10/h2-7,9H,8,15H2,1H3. The Hall–Kier alpha value is -1.65. The lowest BCUT2D eigenvalue weighted by Crippen LogP contribution is -2.18. The minimum Gasteiger partial charge on any atom is -0.493 e. The van der Waals surface area contributed by atoms with Crippen LogP contribution < -0.4 is 15.2 Å². The van der Waals surface area contributed by atoms with Crippen LogP contribution in [0.25, 0.3) is 0 Å². The molecule has 0 amide bonds. The van der Waals surface area contributed by atoms with E-state index in [4.69, 9.17) is 31.2 Å². The van der Waals surface area contributed by atoms with Gasteiger partial charge in [0.15, 0.2) is 16.7 Å². The van der Waals surface area contributed by atoms with Crippen LogP contribution in [-0.4, -0.2) is 13.7 Å². The van der Waals surface area contributed by atoms with Crippen molar-refractivity contribution >= 4 is 11.6 Å². The van der Waals surface area contributed by atoms with Crippen molar-refractivity contribution in [3.8, 4) is 11.5 Å².